The lowest BCUT2D eigenvalue weighted by Gasteiger charge is -2.22. The van der Waals surface area contributed by atoms with Gasteiger partial charge >= 0.3 is 6.18 Å². The van der Waals surface area contributed by atoms with Crippen molar-refractivity contribution in [2.45, 2.75) is 13.1 Å². The number of ether oxygens (including phenoxy) is 1. The number of rotatable bonds is 2. The molecule has 0 fully saturated rings. The van der Waals surface area contributed by atoms with Crippen molar-refractivity contribution >= 4 is 11.3 Å². The van der Waals surface area contributed by atoms with Crippen molar-refractivity contribution < 1.29 is 23.1 Å². The Morgan fingerprint density at radius 2 is 1.84 bits per heavy atom. The first-order chi connectivity index (χ1) is 11.9. The third-order valence-corrected chi connectivity index (χ3v) is 3.70. The van der Waals surface area contributed by atoms with Crippen molar-refractivity contribution in [2.24, 2.45) is 5.16 Å². The summed E-state index contributed by atoms with van der Waals surface area (Å²) in [6, 6.07) is 13.6. The van der Waals surface area contributed by atoms with Crippen LogP contribution in [0.4, 0.5) is 13.2 Å². The summed E-state index contributed by atoms with van der Waals surface area (Å²) in [6.07, 6.45) is -2.30. The first-order valence-corrected chi connectivity index (χ1v) is 7.45. The molecule has 0 amide bonds. The number of hydrogen-bond donors (Lipinski definition) is 1. The Bertz CT molecular complexity index is 881. The Balaban J connectivity index is 2.15. The van der Waals surface area contributed by atoms with E-state index in [0.29, 0.717) is 11.1 Å². The van der Waals surface area contributed by atoms with E-state index in [9.17, 15) is 18.4 Å². The molecule has 3 rings (SSSR count). The minimum Gasteiger partial charge on any atom is -0.451 e. The minimum absolute atomic E-state index is 0.108. The van der Waals surface area contributed by atoms with Crippen LogP contribution in [0.2, 0.25) is 0 Å². The molecule has 0 atom stereocenters. The predicted molar refractivity (Wildman–Crippen MR) is 88.7 cm³/mol. The maximum absolute atomic E-state index is 13.1. The van der Waals surface area contributed by atoms with Gasteiger partial charge in [-0.15, -0.1) is 0 Å². The normalized spacial score (nSPS) is 16.2. The van der Waals surface area contributed by atoms with E-state index in [4.69, 9.17) is 4.74 Å². The summed E-state index contributed by atoms with van der Waals surface area (Å²) in [7, 11) is 0. The zero-order valence-electron chi connectivity index (χ0n) is 13.2. The van der Waals surface area contributed by atoms with Crippen LogP contribution in [-0.4, -0.2) is 17.1 Å². The average molecular weight is 345 g/mol. The molecular formula is C19H14F3NO2. The lowest BCUT2D eigenvalue weighted by Crippen LogP contribution is -2.20. The number of alkyl halides is 3. The number of allylic oxidation sites excluding steroid dienone is 4. The van der Waals surface area contributed by atoms with Gasteiger partial charge in [0.1, 0.15) is 11.5 Å². The monoisotopic (exact) mass is 345 g/mol. The van der Waals surface area contributed by atoms with Crippen LogP contribution >= 0.6 is 0 Å². The van der Waals surface area contributed by atoms with E-state index in [2.05, 4.69) is 5.16 Å². The quantitative estimate of drug-likeness (QED) is 0.468. The van der Waals surface area contributed by atoms with Gasteiger partial charge in [0.2, 0.25) is 5.76 Å². The zero-order chi connectivity index (χ0) is 18.0. The predicted octanol–water partition coefficient (Wildman–Crippen LogP) is 5.10. The highest BCUT2D eigenvalue weighted by Crippen LogP contribution is 2.39. The molecule has 1 N–H and O–H groups in total. The molecule has 128 valence electrons. The molecule has 0 spiro atoms. The summed E-state index contributed by atoms with van der Waals surface area (Å²) >= 11 is 0. The maximum atomic E-state index is 13.1. The molecule has 0 aliphatic carbocycles. The number of fused-ring (bicyclic) bond motifs is 1. The van der Waals surface area contributed by atoms with Crippen LogP contribution in [0.3, 0.4) is 0 Å². The lowest BCUT2D eigenvalue weighted by molar-refractivity contribution is -0.116. The molecule has 1 aliphatic rings. The largest absolute Gasteiger partial charge is 0.451 e. The van der Waals surface area contributed by atoms with Crippen molar-refractivity contribution in [1.82, 2.24) is 0 Å². The summed E-state index contributed by atoms with van der Waals surface area (Å²) < 4.78 is 44.4. The smallest absolute Gasteiger partial charge is 0.449 e. The number of aryl methyl sites for hydroxylation is 1. The second-order valence-corrected chi connectivity index (χ2v) is 5.56. The van der Waals surface area contributed by atoms with E-state index in [-0.39, 0.29) is 17.0 Å². The third kappa shape index (κ3) is 3.57. The van der Waals surface area contributed by atoms with E-state index in [0.717, 1.165) is 11.6 Å². The van der Waals surface area contributed by atoms with Gasteiger partial charge in [0.25, 0.3) is 0 Å². The highest BCUT2D eigenvalue weighted by molar-refractivity contribution is 6.13. The molecule has 6 heteroatoms. The van der Waals surface area contributed by atoms with E-state index in [1.807, 2.05) is 6.92 Å². The van der Waals surface area contributed by atoms with Gasteiger partial charge in [-0.3, -0.25) is 0 Å². The van der Waals surface area contributed by atoms with E-state index in [1.54, 1.807) is 42.5 Å². The number of benzene rings is 2. The molecule has 0 unspecified atom stereocenters. The van der Waals surface area contributed by atoms with Gasteiger partial charge < -0.3 is 9.94 Å². The molecule has 1 heterocycles. The van der Waals surface area contributed by atoms with Gasteiger partial charge in [0, 0.05) is 11.1 Å². The molecule has 25 heavy (non-hydrogen) atoms. The summed E-state index contributed by atoms with van der Waals surface area (Å²) in [6.45, 7) is 1.83. The molecule has 0 aromatic heterocycles. The molecular weight excluding hydrogens is 331 g/mol. The summed E-state index contributed by atoms with van der Waals surface area (Å²) in [4.78, 5) is 0. The fraction of sp³-hybridized carbons (Fsp3) is 0.105. The standard InChI is InChI=1S/C19H14F3NO2/c1-12-7-8-17-15(9-12)14(11-18(25-17)19(20,21)22)10-16(23-24)13-5-3-2-4-6-13/h2-11,24H,1H3/b14-10+,23-16-. The molecule has 2 aromatic carbocycles. The summed E-state index contributed by atoms with van der Waals surface area (Å²) in [5.74, 6) is -1.00. The Morgan fingerprint density at radius 3 is 2.48 bits per heavy atom. The molecule has 0 radical (unpaired) electrons. The second-order valence-electron chi connectivity index (χ2n) is 5.56. The van der Waals surface area contributed by atoms with Gasteiger partial charge in [-0.1, -0.05) is 47.1 Å². The second kappa shape index (κ2) is 6.47. The Morgan fingerprint density at radius 1 is 1.12 bits per heavy atom. The summed E-state index contributed by atoms with van der Waals surface area (Å²) in [5, 5.41) is 12.5. The fourth-order valence-electron chi connectivity index (χ4n) is 2.51. The molecule has 1 aliphatic heterocycles. The van der Waals surface area contributed by atoms with Gasteiger partial charge in [0.05, 0.1) is 0 Å². The van der Waals surface area contributed by atoms with E-state index >= 15 is 0 Å². The first kappa shape index (κ1) is 16.8. The van der Waals surface area contributed by atoms with Crippen LogP contribution in [0.15, 0.2) is 71.6 Å². The lowest BCUT2D eigenvalue weighted by atomic mass is 9.96. The van der Waals surface area contributed by atoms with Crippen molar-refractivity contribution in [3.05, 3.63) is 83.1 Å². The first-order valence-electron chi connectivity index (χ1n) is 7.45. The van der Waals surface area contributed by atoms with Crippen molar-refractivity contribution in [1.29, 1.82) is 0 Å². The fourth-order valence-corrected chi connectivity index (χ4v) is 2.51. The number of halogens is 3. The molecule has 0 saturated carbocycles. The van der Waals surface area contributed by atoms with Crippen LogP contribution in [0.5, 0.6) is 5.75 Å². The van der Waals surface area contributed by atoms with Crippen molar-refractivity contribution in [3.63, 3.8) is 0 Å². The highest BCUT2D eigenvalue weighted by atomic mass is 19.4. The van der Waals surface area contributed by atoms with E-state index < -0.39 is 11.9 Å². The number of oxime groups is 1. The zero-order valence-corrected chi connectivity index (χ0v) is 13.2. The highest BCUT2D eigenvalue weighted by Gasteiger charge is 2.39. The van der Waals surface area contributed by atoms with Gasteiger partial charge in [-0.25, -0.2) is 0 Å². The Kier molecular flexibility index (Phi) is 4.35. The van der Waals surface area contributed by atoms with Crippen LogP contribution in [0.1, 0.15) is 16.7 Å². The maximum Gasteiger partial charge on any atom is 0.449 e. The number of hydrogen-bond acceptors (Lipinski definition) is 3. The Labute approximate surface area is 142 Å². The van der Waals surface area contributed by atoms with Crippen LogP contribution in [0.25, 0.3) is 5.57 Å². The van der Waals surface area contributed by atoms with Gasteiger partial charge in [-0.05, 0) is 36.8 Å². The van der Waals surface area contributed by atoms with Crippen molar-refractivity contribution in [2.75, 3.05) is 0 Å². The third-order valence-electron chi connectivity index (χ3n) is 3.70. The van der Waals surface area contributed by atoms with Crippen LogP contribution < -0.4 is 4.74 Å². The molecule has 0 saturated heterocycles. The molecule has 0 bridgehead atoms. The van der Waals surface area contributed by atoms with Gasteiger partial charge in [0.15, 0.2) is 0 Å². The SMILES string of the molecule is Cc1ccc2c(c1)/C(=C/C(=N/O)c1ccccc1)C=C(C(F)(F)F)O2. The van der Waals surface area contributed by atoms with Gasteiger partial charge in [-0.2, -0.15) is 13.2 Å². The van der Waals surface area contributed by atoms with E-state index in [1.165, 1.54) is 12.1 Å². The molecule has 2 aromatic rings. The topological polar surface area (TPSA) is 41.8 Å². The Hall–Kier alpha value is -3.02. The van der Waals surface area contributed by atoms with Crippen LogP contribution in [-0.2, 0) is 0 Å². The number of nitrogens with zero attached hydrogens (tertiary/aromatic N) is 1. The average Bonchev–Trinajstić information content (AvgIpc) is 2.59. The van der Waals surface area contributed by atoms with Crippen LogP contribution in [0, 0.1) is 6.92 Å². The minimum atomic E-state index is -4.62. The molecule has 3 nitrogen and oxygen atoms in total. The summed E-state index contributed by atoms with van der Waals surface area (Å²) in [5.41, 5.74) is 2.38. The van der Waals surface area contributed by atoms with Crippen molar-refractivity contribution in [3.8, 4) is 5.75 Å².